The summed E-state index contributed by atoms with van der Waals surface area (Å²) in [5.74, 6) is -11.5. The molecule has 432 valence electrons. The molecule has 0 radical (unpaired) electrons. The van der Waals surface area contributed by atoms with Crippen molar-refractivity contribution in [2.75, 3.05) is 33.4 Å². The van der Waals surface area contributed by atoms with E-state index >= 15 is 0 Å². The molecule has 1 aromatic rings. The van der Waals surface area contributed by atoms with Crippen molar-refractivity contribution in [3.63, 3.8) is 0 Å². The number of aliphatic carboxylic acids is 1. The first kappa shape index (κ1) is 64.3. The maximum absolute atomic E-state index is 13.8. The van der Waals surface area contributed by atoms with E-state index in [0.29, 0.717) is 5.69 Å². The van der Waals surface area contributed by atoms with Gasteiger partial charge in [-0.05, 0) is 39.5 Å². The SMILES string of the molecule is CNC(=O)[C@@H](NC(=O)[C@H](CC(=O)O)NC(=O)[C@@H]1CCCN1C(=O)[C@H](C)NC(=O)[C@H](CO)NC(=O)[C@@H](NC(=O)[C@@H](NC(=O)CNC(=O)[C@@H](N)Cc1cnc[nH]1)C(C)C)C(C)O)C(C)O[C@H]1OC(CO)[C@H](O)[C@H](O)C1NC(C)=O. The van der Waals surface area contributed by atoms with Crippen molar-refractivity contribution < 1.29 is 92.9 Å². The lowest BCUT2D eigenvalue weighted by Crippen LogP contribution is -2.66. The molecule has 2 fully saturated rings. The van der Waals surface area contributed by atoms with Gasteiger partial charge >= 0.3 is 5.97 Å². The van der Waals surface area contributed by atoms with Crippen LogP contribution in [-0.4, -0.2) is 235 Å². The number of rotatable bonds is 28. The summed E-state index contributed by atoms with van der Waals surface area (Å²) in [6.07, 6.45) is -7.30. The zero-order chi connectivity index (χ0) is 58.0. The number of carbonyl (C=O) groups excluding carboxylic acids is 10. The van der Waals surface area contributed by atoms with E-state index in [0.717, 1.165) is 18.7 Å². The fourth-order valence-electron chi connectivity index (χ4n) is 8.15. The number of amides is 10. The van der Waals surface area contributed by atoms with Gasteiger partial charge in [0.1, 0.15) is 66.6 Å². The Bertz CT molecular complexity index is 2240. The number of hydrogen-bond acceptors (Lipinski definition) is 20. The largest absolute Gasteiger partial charge is 0.481 e. The zero-order valence-corrected chi connectivity index (χ0v) is 43.5. The Morgan fingerprint density at radius 2 is 1.47 bits per heavy atom. The highest BCUT2D eigenvalue weighted by Gasteiger charge is 2.47. The number of ether oxygens (including phenoxy) is 2. The minimum absolute atomic E-state index is 0.000683. The van der Waals surface area contributed by atoms with Crippen LogP contribution in [0.4, 0.5) is 0 Å². The van der Waals surface area contributed by atoms with Crippen LogP contribution in [0.25, 0.3) is 0 Å². The van der Waals surface area contributed by atoms with Crippen molar-refractivity contribution >= 4 is 65.0 Å². The van der Waals surface area contributed by atoms with E-state index in [2.05, 4.69) is 57.8 Å². The number of carboxylic acid groups (broad SMARTS) is 1. The standard InChI is InChI=1S/C45H73N13O19/c1-18(2)31(55-29(63)14-49-37(68)24(46)11-23-13-48-17-50-23)42(73)56-32(20(4)61)43(74)54-26(15-59)39(70)51-19(3)44(75)58-10-8-9-27(58)40(71)53-25(12-30(64)65)38(69)57-33(41(72)47-7)21(5)76-45-34(52-22(6)62)36(67)35(66)28(16-60)77-45/h13,17-21,24-28,31-36,45,59-61,66-67H,8-12,14-16,46H2,1-7H3,(H,47,72)(H,48,50)(H,49,68)(H,51,70)(H,52,62)(H,53,71)(H,54,74)(H,55,63)(H,56,73)(H,57,69)(H,64,65)/t19-,20?,21?,24-,25-,26-,27-,28?,31-,32-,33-,34?,35-,36+,45-/m0/s1. The number of aliphatic hydroxyl groups excluding tert-OH is 5. The molecule has 4 unspecified atom stereocenters. The molecule has 0 bridgehead atoms. The van der Waals surface area contributed by atoms with Crippen LogP contribution in [0.1, 0.15) is 66.5 Å². The van der Waals surface area contributed by atoms with Gasteiger partial charge in [0.2, 0.25) is 59.1 Å². The van der Waals surface area contributed by atoms with Crippen molar-refractivity contribution in [2.45, 2.75) is 158 Å². The van der Waals surface area contributed by atoms with Gasteiger partial charge in [-0.2, -0.15) is 0 Å². The molecule has 3 rings (SSSR count). The Balaban J connectivity index is 1.66. The molecule has 77 heavy (non-hydrogen) atoms. The monoisotopic (exact) mass is 1100 g/mol. The van der Waals surface area contributed by atoms with E-state index in [4.69, 9.17) is 15.2 Å². The van der Waals surface area contributed by atoms with Gasteiger partial charge in [-0.15, -0.1) is 0 Å². The number of likely N-dealkylation sites (tertiary alicyclic amines) is 1. The van der Waals surface area contributed by atoms with Gasteiger partial charge in [-0.3, -0.25) is 52.7 Å². The van der Waals surface area contributed by atoms with E-state index in [1.165, 1.54) is 33.4 Å². The molecule has 10 amide bonds. The van der Waals surface area contributed by atoms with E-state index in [1.807, 2.05) is 0 Å². The molecule has 2 aliphatic heterocycles. The van der Waals surface area contributed by atoms with Gasteiger partial charge in [-0.25, -0.2) is 4.98 Å². The number of nitrogens with zero attached hydrogens (tertiary/aromatic N) is 2. The summed E-state index contributed by atoms with van der Waals surface area (Å²) in [7, 11) is 1.19. The van der Waals surface area contributed by atoms with Gasteiger partial charge in [0, 0.05) is 38.8 Å². The molecule has 0 saturated carbocycles. The highest BCUT2D eigenvalue weighted by molar-refractivity contribution is 5.99. The summed E-state index contributed by atoms with van der Waals surface area (Å²) in [6.45, 7) is 5.35. The smallest absolute Gasteiger partial charge is 0.305 e. The second-order valence-corrected chi connectivity index (χ2v) is 18.8. The minimum Gasteiger partial charge on any atom is -0.481 e. The molecule has 3 heterocycles. The third-order valence-electron chi connectivity index (χ3n) is 12.4. The number of hydrogen-bond donors (Lipinski definition) is 17. The molecule has 0 aliphatic carbocycles. The summed E-state index contributed by atoms with van der Waals surface area (Å²) in [6, 6.07) is -13.7. The van der Waals surface area contributed by atoms with Gasteiger partial charge in [0.05, 0.1) is 50.8 Å². The lowest BCUT2D eigenvalue weighted by atomic mass is 9.96. The molecular weight excluding hydrogens is 1030 g/mol. The summed E-state index contributed by atoms with van der Waals surface area (Å²) in [5, 5.41) is 82.0. The summed E-state index contributed by atoms with van der Waals surface area (Å²) >= 11 is 0. The molecule has 2 saturated heterocycles. The first-order valence-electron chi connectivity index (χ1n) is 24.5. The number of carbonyl (C=O) groups is 11. The van der Waals surface area contributed by atoms with Crippen LogP contribution < -0.4 is 53.6 Å². The average molecular weight is 1100 g/mol. The molecule has 15 atom stereocenters. The second kappa shape index (κ2) is 30.1. The van der Waals surface area contributed by atoms with E-state index in [9.17, 15) is 83.4 Å². The number of H-pyrrole nitrogens is 1. The maximum Gasteiger partial charge on any atom is 0.305 e. The van der Waals surface area contributed by atoms with E-state index in [1.54, 1.807) is 13.8 Å². The second-order valence-electron chi connectivity index (χ2n) is 18.8. The first-order chi connectivity index (χ1) is 36.1. The van der Waals surface area contributed by atoms with E-state index < -0.39 is 188 Å². The predicted octanol–water partition coefficient (Wildman–Crippen LogP) is -9.09. The van der Waals surface area contributed by atoms with Crippen molar-refractivity contribution in [1.29, 1.82) is 0 Å². The van der Waals surface area contributed by atoms with Crippen LogP contribution in [0.5, 0.6) is 0 Å². The highest BCUT2D eigenvalue weighted by Crippen LogP contribution is 2.24. The Hall–Kier alpha value is -6.94. The molecule has 18 N–H and O–H groups in total. The average Bonchev–Trinajstić information content (AvgIpc) is 4.09. The summed E-state index contributed by atoms with van der Waals surface area (Å²) in [5.41, 5.74) is 6.47. The molecule has 32 heteroatoms. The Morgan fingerprint density at radius 3 is 2.03 bits per heavy atom. The molecule has 0 aromatic carbocycles. The third-order valence-corrected chi connectivity index (χ3v) is 12.4. The number of aliphatic hydroxyl groups is 5. The van der Waals surface area contributed by atoms with Crippen LogP contribution in [0.2, 0.25) is 0 Å². The van der Waals surface area contributed by atoms with Crippen LogP contribution >= 0.6 is 0 Å². The first-order valence-corrected chi connectivity index (χ1v) is 24.5. The molecule has 0 spiro atoms. The van der Waals surface area contributed by atoms with Crippen LogP contribution in [0.15, 0.2) is 12.5 Å². The topological polar surface area (TPSA) is 494 Å². The number of nitrogens with two attached hydrogens (primary N) is 1. The molecular formula is C45H73N13O19. The molecule has 1 aromatic heterocycles. The van der Waals surface area contributed by atoms with Gasteiger partial charge < -0.3 is 104 Å². The van der Waals surface area contributed by atoms with E-state index in [-0.39, 0.29) is 25.8 Å². The van der Waals surface area contributed by atoms with Gasteiger partial charge in [0.25, 0.3) is 0 Å². The number of aromatic nitrogens is 2. The van der Waals surface area contributed by atoms with Crippen LogP contribution in [0.3, 0.4) is 0 Å². The van der Waals surface area contributed by atoms with Crippen molar-refractivity contribution in [1.82, 2.24) is 62.7 Å². The van der Waals surface area contributed by atoms with Crippen LogP contribution in [0, 0.1) is 5.92 Å². The van der Waals surface area contributed by atoms with Crippen molar-refractivity contribution in [3.8, 4) is 0 Å². The van der Waals surface area contributed by atoms with Gasteiger partial charge in [-0.1, -0.05) is 13.8 Å². The third kappa shape index (κ3) is 18.6. The normalized spacial score (nSPS) is 22.7. The maximum atomic E-state index is 13.8. The van der Waals surface area contributed by atoms with Gasteiger partial charge in [0.15, 0.2) is 6.29 Å². The summed E-state index contributed by atoms with van der Waals surface area (Å²) in [4.78, 5) is 151. The number of nitrogens with one attached hydrogen (secondary N) is 10. The van der Waals surface area contributed by atoms with Crippen LogP contribution in [-0.2, 0) is 68.6 Å². The highest BCUT2D eigenvalue weighted by atomic mass is 16.7. The Labute approximate surface area is 441 Å². The lowest BCUT2D eigenvalue weighted by Gasteiger charge is -2.43. The predicted molar refractivity (Wildman–Crippen MR) is 261 cm³/mol. The fraction of sp³-hybridized carbons (Fsp3) is 0.689. The number of imidazole rings is 1. The number of aromatic amines is 1. The summed E-state index contributed by atoms with van der Waals surface area (Å²) < 4.78 is 11.4. The fourth-order valence-corrected chi connectivity index (χ4v) is 8.15. The lowest BCUT2D eigenvalue weighted by molar-refractivity contribution is -0.281. The Morgan fingerprint density at radius 1 is 0.831 bits per heavy atom. The number of carboxylic acids is 1. The quantitative estimate of drug-likeness (QED) is 0.0370. The Kier molecular flexibility index (Phi) is 25.2. The molecule has 2 aliphatic rings. The zero-order valence-electron chi connectivity index (χ0n) is 43.5. The number of likely N-dealkylation sites (N-methyl/N-ethyl adjacent to an activating group) is 1. The minimum atomic E-state index is -1.88. The van der Waals surface area contributed by atoms with Crippen molar-refractivity contribution in [2.24, 2.45) is 11.7 Å². The molecule has 32 nitrogen and oxygen atoms in total. The van der Waals surface area contributed by atoms with Crippen molar-refractivity contribution in [3.05, 3.63) is 18.2 Å².